The first kappa shape index (κ1) is 38.9. The first-order chi connectivity index (χ1) is 23.9. The van der Waals surface area contributed by atoms with Crippen molar-refractivity contribution in [3.63, 3.8) is 0 Å². The molecule has 2 aromatic carbocycles. The van der Waals surface area contributed by atoms with Gasteiger partial charge in [-0.3, -0.25) is 4.79 Å². The van der Waals surface area contributed by atoms with E-state index in [2.05, 4.69) is 62.4 Å². The Bertz CT molecular complexity index is 1150. The number of aryl methyl sites for hydroxylation is 2. The van der Waals surface area contributed by atoms with Crippen molar-refractivity contribution in [2.24, 2.45) is 10.8 Å². The Balaban J connectivity index is 1.03. The Morgan fingerprint density at radius 1 is 0.490 bits per heavy atom. The maximum Gasteiger partial charge on any atom is 0.151 e. The van der Waals surface area contributed by atoms with Crippen LogP contribution in [0.2, 0.25) is 0 Å². The zero-order valence-corrected chi connectivity index (χ0v) is 32.8. The summed E-state index contributed by atoms with van der Waals surface area (Å²) in [4.78, 5) is 14.2. The molecule has 0 saturated heterocycles. The molecule has 3 aliphatic carbocycles. The van der Waals surface area contributed by atoms with Crippen LogP contribution in [0.3, 0.4) is 0 Å². The number of ketones is 1. The number of halogens is 2. The average molecular weight is 708 g/mol. The van der Waals surface area contributed by atoms with Gasteiger partial charge in [0.25, 0.3) is 0 Å². The molecule has 0 aliphatic heterocycles. The molecule has 0 N–H and O–H groups in total. The van der Waals surface area contributed by atoms with Crippen LogP contribution in [0.25, 0.3) is 0 Å². The van der Waals surface area contributed by atoms with Crippen LogP contribution in [-0.2, 0) is 17.6 Å². The van der Waals surface area contributed by atoms with Gasteiger partial charge in [-0.1, -0.05) is 175 Å². The molecule has 3 aliphatic rings. The molecule has 2 aromatic rings. The molecular weight excluding hydrogens is 639 g/mol. The number of benzene rings is 2. The summed E-state index contributed by atoms with van der Waals surface area (Å²) >= 11 is 14.7. The number of carbonyl (C=O) groups excluding carboxylic acids is 1. The normalized spacial score (nSPS) is 26.3. The quantitative estimate of drug-likeness (QED) is 0.0989. The molecule has 0 radical (unpaired) electrons. The van der Waals surface area contributed by atoms with E-state index in [1.165, 1.54) is 138 Å². The number of hydrogen-bond donors (Lipinski definition) is 0. The molecule has 49 heavy (non-hydrogen) atoms. The number of unbranched alkanes of at least 4 members (excludes halogenated alkanes) is 14. The Morgan fingerprint density at radius 3 is 1.10 bits per heavy atom. The summed E-state index contributed by atoms with van der Waals surface area (Å²) < 4.78 is -0.938. The summed E-state index contributed by atoms with van der Waals surface area (Å²) in [6.07, 6.45) is 31.6. The number of carbonyl (C=O) groups is 1. The molecule has 0 unspecified atom stereocenters. The van der Waals surface area contributed by atoms with Crippen molar-refractivity contribution < 1.29 is 4.79 Å². The van der Waals surface area contributed by atoms with E-state index in [0.29, 0.717) is 17.6 Å². The van der Waals surface area contributed by atoms with Crippen LogP contribution in [0.5, 0.6) is 0 Å². The van der Waals surface area contributed by atoms with Crippen molar-refractivity contribution in [3.05, 3.63) is 70.8 Å². The zero-order chi connectivity index (χ0) is 34.6. The van der Waals surface area contributed by atoms with Crippen molar-refractivity contribution in [2.75, 3.05) is 0 Å². The van der Waals surface area contributed by atoms with Crippen LogP contribution >= 0.6 is 23.2 Å². The third kappa shape index (κ3) is 9.20. The van der Waals surface area contributed by atoms with Gasteiger partial charge in [0, 0.05) is 0 Å². The van der Waals surface area contributed by atoms with Gasteiger partial charge in [-0.15, -0.1) is 0 Å². The fourth-order valence-corrected chi connectivity index (χ4v) is 11.0. The number of Topliss-reactive ketones (excluding diaryl/α,β-unsaturated/α-hetero) is 1. The van der Waals surface area contributed by atoms with Crippen LogP contribution in [0.4, 0.5) is 0 Å². The fraction of sp³-hybridized carbons (Fsp3) is 0.717. The molecule has 5 rings (SSSR count). The summed E-state index contributed by atoms with van der Waals surface area (Å²) in [7, 11) is 0. The van der Waals surface area contributed by atoms with E-state index in [4.69, 9.17) is 23.2 Å². The summed E-state index contributed by atoms with van der Waals surface area (Å²) in [5.74, 6) is 1.40. The number of rotatable bonds is 20. The first-order valence-electron chi connectivity index (χ1n) is 21.0. The minimum absolute atomic E-state index is 0.392. The third-order valence-electron chi connectivity index (χ3n) is 13.3. The molecule has 3 heteroatoms. The van der Waals surface area contributed by atoms with Gasteiger partial charge in [0.05, 0.1) is 10.8 Å². The maximum atomic E-state index is 14.2. The summed E-state index contributed by atoms with van der Waals surface area (Å²) in [5.41, 5.74) is 4.68. The topological polar surface area (TPSA) is 17.1 Å². The highest BCUT2D eigenvalue weighted by molar-refractivity contribution is 6.55. The van der Waals surface area contributed by atoms with Crippen molar-refractivity contribution in [1.82, 2.24) is 0 Å². The lowest BCUT2D eigenvalue weighted by atomic mass is 9.42. The van der Waals surface area contributed by atoms with Gasteiger partial charge in [-0.25, -0.2) is 0 Å². The third-order valence-corrected chi connectivity index (χ3v) is 14.7. The first-order valence-corrected chi connectivity index (χ1v) is 21.7. The zero-order valence-electron chi connectivity index (χ0n) is 31.3. The second-order valence-corrected chi connectivity index (χ2v) is 17.9. The van der Waals surface area contributed by atoms with Gasteiger partial charge in [-0.05, 0) is 111 Å². The standard InChI is InChI=1S/C46H68Cl2O/c1-3-5-7-9-11-13-15-17-19-37-21-25-39(26-22-37)41-29-33-44(34-30-41)43(49)45(46(44,47)48)35-31-42(32-36-45)40-27-23-38(24-28-40)20-18-16-14-12-10-8-6-4-2/h21-28,41-42H,3-20,29-36H2,1-2H3. The Morgan fingerprint density at radius 2 is 0.796 bits per heavy atom. The fourth-order valence-electron chi connectivity index (χ4n) is 9.95. The van der Waals surface area contributed by atoms with Crippen LogP contribution in [0.15, 0.2) is 48.5 Å². The lowest BCUT2D eigenvalue weighted by molar-refractivity contribution is -0.170. The van der Waals surface area contributed by atoms with E-state index in [0.717, 1.165) is 51.4 Å². The molecule has 1 nitrogen and oxygen atoms in total. The van der Waals surface area contributed by atoms with Gasteiger partial charge in [-0.2, -0.15) is 0 Å². The Labute approximate surface area is 311 Å². The molecular formula is C46H68Cl2O. The van der Waals surface area contributed by atoms with E-state index in [1.807, 2.05) is 0 Å². The van der Waals surface area contributed by atoms with Crippen molar-refractivity contribution in [2.45, 2.75) is 197 Å². The highest BCUT2D eigenvalue weighted by atomic mass is 35.5. The number of hydrogen-bond acceptors (Lipinski definition) is 1. The molecule has 272 valence electrons. The maximum absolute atomic E-state index is 14.2. The SMILES string of the molecule is CCCCCCCCCCc1ccc(C2CCC3(CC2)C(=O)C2(CCC(c4ccc(CCCCCCCCCC)cc4)CC2)C3(Cl)Cl)cc1. The number of alkyl halides is 2. The van der Waals surface area contributed by atoms with Crippen molar-refractivity contribution in [3.8, 4) is 0 Å². The molecule has 2 spiro atoms. The second kappa shape index (κ2) is 19.0. The van der Waals surface area contributed by atoms with Crippen molar-refractivity contribution >= 4 is 29.0 Å². The largest absolute Gasteiger partial charge is 0.298 e. The predicted octanol–water partition coefficient (Wildman–Crippen LogP) is 14.8. The summed E-state index contributed by atoms with van der Waals surface area (Å²) in [5, 5.41) is 0. The van der Waals surface area contributed by atoms with E-state index >= 15 is 0 Å². The van der Waals surface area contributed by atoms with Crippen LogP contribution in [0.1, 0.15) is 202 Å². The molecule has 0 amide bonds. The van der Waals surface area contributed by atoms with Gasteiger partial charge >= 0.3 is 0 Å². The molecule has 0 aromatic heterocycles. The Kier molecular flexibility index (Phi) is 15.1. The van der Waals surface area contributed by atoms with Crippen molar-refractivity contribution in [1.29, 1.82) is 0 Å². The second-order valence-electron chi connectivity index (χ2n) is 16.5. The average Bonchev–Trinajstić information content (AvgIpc) is 3.14. The minimum atomic E-state index is -0.938. The predicted molar refractivity (Wildman–Crippen MR) is 212 cm³/mol. The van der Waals surface area contributed by atoms with Crippen LogP contribution in [-0.4, -0.2) is 10.1 Å². The Hall–Kier alpha value is -1.31. The lowest BCUT2D eigenvalue weighted by Crippen LogP contribution is -2.74. The van der Waals surface area contributed by atoms with E-state index in [9.17, 15) is 4.79 Å². The highest BCUT2D eigenvalue weighted by Crippen LogP contribution is 2.75. The van der Waals surface area contributed by atoms with Gasteiger partial charge in [0.2, 0.25) is 0 Å². The van der Waals surface area contributed by atoms with Crippen LogP contribution < -0.4 is 0 Å². The smallest absolute Gasteiger partial charge is 0.151 e. The molecule has 3 fully saturated rings. The molecule has 0 heterocycles. The van der Waals surface area contributed by atoms with E-state index in [-0.39, 0.29) is 0 Å². The minimum Gasteiger partial charge on any atom is -0.298 e. The molecule has 0 atom stereocenters. The van der Waals surface area contributed by atoms with Crippen LogP contribution in [0, 0.1) is 10.8 Å². The molecule has 3 saturated carbocycles. The van der Waals surface area contributed by atoms with E-state index < -0.39 is 15.2 Å². The van der Waals surface area contributed by atoms with Gasteiger partial charge in [0.1, 0.15) is 4.33 Å². The van der Waals surface area contributed by atoms with Gasteiger partial charge in [0.15, 0.2) is 5.78 Å². The summed E-state index contributed by atoms with van der Waals surface area (Å²) in [6, 6.07) is 18.8. The van der Waals surface area contributed by atoms with E-state index in [1.54, 1.807) is 0 Å². The summed E-state index contributed by atoms with van der Waals surface area (Å²) in [6.45, 7) is 4.57. The molecule has 0 bridgehead atoms. The van der Waals surface area contributed by atoms with Gasteiger partial charge < -0.3 is 0 Å². The monoisotopic (exact) mass is 706 g/mol. The lowest BCUT2D eigenvalue weighted by Gasteiger charge is -2.67. The highest BCUT2D eigenvalue weighted by Gasteiger charge is 2.79.